The largest absolute Gasteiger partial charge is 0.375 e. The van der Waals surface area contributed by atoms with Crippen LogP contribution < -0.4 is 5.32 Å². The smallest absolute Gasteiger partial charge is 0.253 e. The van der Waals surface area contributed by atoms with Crippen LogP contribution >= 0.6 is 22.9 Å². The number of nitrogens with zero attached hydrogens (tertiary/aromatic N) is 2. The Hall–Kier alpha value is -1.59. The van der Waals surface area contributed by atoms with Gasteiger partial charge in [-0.25, -0.2) is 4.98 Å². The van der Waals surface area contributed by atoms with Crippen molar-refractivity contribution in [3.8, 4) is 0 Å². The van der Waals surface area contributed by atoms with Crippen LogP contribution in [0.15, 0.2) is 29.8 Å². The molecule has 0 aliphatic rings. The second kappa shape index (κ2) is 6.24. The Kier molecular flexibility index (Phi) is 4.62. The van der Waals surface area contributed by atoms with Crippen molar-refractivity contribution >= 4 is 34.5 Å². The van der Waals surface area contributed by atoms with E-state index in [1.165, 1.54) is 4.90 Å². The molecule has 0 spiro atoms. The first-order valence-electron chi connectivity index (χ1n) is 6.16. The Morgan fingerprint density at radius 1 is 1.45 bits per heavy atom. The Morgan fingerprint density at radius 2 is 2.20 bits per heavy atom. The third kappa shape index (κ3) is 3.29. The zero-order valence-corrected chi connectivity index (χ0v) is 13.1. The number of amides is 1. The maximum atomic E-state index is 12.0. The lowest BCUT2D eigenvalue weighted by atomic mass is 10.1. The van der Waals surface area contributed by atoms with E-state index in [1.54, 1.807) is 49.8 Å². The summed E-state index contributed by atoms with van der Waals surface area (Å²) in [6, 6.07) is 5.27. The van der Waals surface area contributed by atoms with Gasteiger partial charge in [-0.3, -0.25) is 4.79 Å². The molecular weight excluding hydrogens is 294 g/mol. The predicted molar refractivity (Wildman–Crippen MR) is 83.6 cm³/mol. The topological polar surface area (TPSA) is 45.2 Å². The van der Waals surface area contributed by atoms with Gasteiger partial charge in [-0.15, -0.1) is 11.3 Å². The van der Waals surface area contributed by atoms with Gasteiger partial charge in [0.05, 0.1) is 16.8 Å². The number of hydrogen-bond donors (Lipinski definition) is 1. The highest BCUT2D eigenvalue weighted by Gasteiger charge is 2.13. The molecule has 1 aromatic carbocycles. The van der Waals surface area contributed by atoms with Gasteiger partial charge in [-0.05, 0) is 25.1 Å². The van der Waals surface area contributed by atoms with Gasteiger partial charge in [0.2, 0.25) is 0 Å². The minimum absolute atomic E-state index is 0.0391. The van der Waals surface area contributed by atoms with E-state index in [4.69, 9.17) is 11.6 Å². The summed E-state index contributed by atoms with van der Waals surface area (Å²) in [5, 5.41) is 6.79. The van der Waals surface area contributed by atoms with Crippen molar-refractivity contribution in [1.82, 2.24) is 9.88 Å². The molecule has 1 amide bonds. The lowest BCUT2D eigenvalue weighted by Gasteiger charge is -2.16. The molecule has 106 valence electrons. The Balaban J connectivity index is 2.23. The Morgan fingerprint density at radius 3 is 2.80 bits per heavy atom. The second-order valence-corrected chi connectivity index (χ2v) is 5.96. The van der Waals surface area contributed by atoms with Gasteiger partial charge in [0, 0.05) is 31.2 Å². The molecule has 1 unspecified atom stereocenters. The van der Waals surface area contributed by atoms with Crippen molar-refractivity contribution in [1.29, 1.82) is 0 Å². The van der Waals surface area contributed by atoms with Crippen LogP contribution in [-0.4, -0.2) is 29.9 Å². The average molecular weight is 310 g/mol. The maximum Gasteiger partial charge on any atom is 0.253 e. The van der Waals surface area contributed by atoms with Gasteiger partial charge in [0.15, 0.2) is 0 Å². The van der Waals surface area contributed by atoms with E-state index in [0.717, 1.165) is 10.7 Å². The first kappa shape index (κ1) is 14.8. The molecule has 0 bridgehead atoms. The molecule has 0 saturated heterocycles. The summed E-state index contributed by atoms with van der Waals surface area (Å²) < 4.78 is 0. The van der Waals surface area contributed by atoms with Crippen molar-refractivity contribution < 1.29 is 4.79 Å². The minimum atomic E-state index is -0.0494. The van der Waals surface area contributed by atoms with Gasteiger partial charge in [0.1, 0.15) is 5.01 Å². The van der Waals surface area contributed by atoms with Crippen LogP contribution in [0.1, 0.15) is 28.3 Å². The minimum Gasteiger partial charge on any atom is -0.375 e. The van der Waals surface area contributed by atoms with E-state index in [0.29, 0.717) is 10.6 Å². The number of nitrogens with one attached hydrogen (secondary N) is 1. The van der Waals surface area contributed by atoms with Crippen molar-refractivity contribution in [3.05, 3.63) is 45.4 Å². The van der Waals surface area contributed by atoms with Crippen LogP contribution in [0.2, 0.25) is 5.02 Å². The van der Waals surface area contributed by atoms with Crippen LogP contribution in [0.5, 0.6) is 0 Å². The predicted octanol–water partition coefficient (Wildman–Crippen LogP) is 3.67. The standard InChI is InChI=1S/C14H16ClN3OS/c1-9(13-16-6-7-20-13)17-12-8-10(4-5-11(12)15)14(19)18(2)3/h4-9,17H,1-3H3. The van der Waals surface area contributed by atoms with Crippen LogP contribution in [0.3, 0.4) is 0 Å². The fraction of sp³-hybridized carbons (Fsp3) is 0.286. The lowest BCUT2D eigenvalue weighted by molar-refractivity contribution is 0.0827. The molecule has 0 fully saturated rings. The molecule has 6 heteroatoms. The van der Waals surface area contributed by atoms with Crippen LogP contribution in [-0.2, 0) is 0 Å². The molecule has 4 nitrogen and oxygen atoms in total. The first-order valence-corrected chi connectivity index (χ1v) is 7.42. The van der Waals surface area contributed by atoms with Crippen molar-refractivity contribution in [2.45, 2.75) is 13.0 Å². The summed E-state index contributed by atoms with van der Waals surface area (Å²) >= 11 is 7.76. The van der Waals surface area contributed by atoms with Crippen molar-refractivity contribution in [3.63, 3.8) is 0 Å². The number of halogens is 1. The van der Waals surface area contributed by atoms with E-state index >= 15 is 0 Å². The van der Waals surface area contributed by atoms with Gasteiger partial charge in [-0.2, -0.15) is 0 Å². The summed E-state index contributed by atoms with van der Waals surface area (Å²) in [4.78, 5) is 17.8. The molecule has 0 saturated carbocycles. The van der Waals surface area contributed by atoms with Crippen LogP contribution in [0, 0.1) is 0 Å². The number of thiazole rings is 1. The molecule has 0 aliphatic heterocycles. The number of aromatic nitrogens is 1. The molecule has 1 N–H and O–H groups in total. The summed E-state index contributed by atoms with van der Waals surface area (Å²) in [6.45, 7) is 2.01. The van der Waals surface area contributed by atoms with Gasteiger partial charge < -0.3 is 10.2 Å². The normalized spacial score (nSPS) is 12.0. The Bertz CT molecular complexity index is 598. The summed E-state index contributed by atoms with van der Waals surface area (Å²) in [5.74, 6) is -0.0494. The van der Waals surface area contributed by atoms with Crippen molar-refractivity contribution in [2.75, 3.05) is 19.4 Å². The molecule has 2 aromatic rings. The molecule has 0 radical (unpaired) electrons. The van der Waals surface area contributed by atoms with Crippen LogP contribution in [0.25, 0.3) is 0 Å². The van der Waals surface area contributed by atoms with Gasteiger partial charge in [-0.1, -0.05) is 11.6 Å². The third-order valence-corrected chi connectivity index (χ3v) is 4.10. The molecule has 1 heterocycles. The number of anilines is 1. The van der Waals surface area contributed by atoms with Crippen LogP contribution in [0.4, 0.5) is 5.69 Å². The van der Waals surface area contributed by atoms with E-state index < -0.39 is 0 Å². The molecule has 20 heavy (non-hydrogen) atoms. The first-order chi connectivity index (χ1) is 9.49. The molecule has 0 aliphatic carbocycles. The average Bonchev–Trinajstić information content (AvgIpc) is 2.94. The number of hydrogen-bond acceptors (Lipinski definition) is 4. The quantitative estimate of drug-likeness (QED) is 0.937. The number of carbonyl (C=O) groups is 1. The van der Waals surface area contributed by atoms with E-state index in [1.807, 2.05) is 12.3 Å². The van der Waals surface area contributed by atoms with Gasteiger partial charge >= 0.3 is 0 Å². The highest BCUT2D eigenvalue weighted by molar-refractivity contribution is 7.09. The number of carbonyl (C=O) groups excluding carboxylic acids is 1. The van der Waals surface area contributed by atoms with Gasteiger partial charge in [0.25, 0.3) is 5.91 Å². The molecule has 2 rings (SSSR count). The molecular formula is C14H16ClN3OS. The van der Waals surface area contributed by atoms with E-state index in [-0.39, 0.29) is 11.9 Å². The number of rotatable bonds is 4. The SMILES string of the molecule is CC(Nc1cc(C(=O)N(C)C)ccc1Cl)c1nccs1. The summed E-state index contributed by atoms with van der Waals surface area (Å²) in [6.07, 6.45) is 1.77. The third-order valence-electron chi connectivity index (χ3n) is 2.81. The summed E-state index contributed by atoms with van der Waals surface area (Å²) in [5.41, 5.74) is 1.34. The maximum absolute atomic E-state index is 12.0. The second-order valence-electron chi connectivity index (χ2n) is 4.63. The zero-order valence-electron chi connectivity index (χ0n) is 11.6. The fourth-order valence-electron chi connectivity index (χ4n) is 1.77. The Labute approximate surface area is 127 Å². The highest BCUT2D eigenvalue weighted by atomic mass is 35.5. The van der Waals surface area contributed by atoms with E-state index in [2.05, 4.69) is 10.3 Å². The molecule has 1 aromatic heterocycles. The number of benzene rings is 1. The zero-order chi connectivity index (χ0) is 14.7. The highest BCUT2D eigenvalue weighted by Crippen LogP contribution is 2.28. The van der Waals surface area contributed by atoms with Crippen molar-refractivity contribution in [2.24, 2.45) is 0 Å². The fourth-order valence-corrected chi connectivity index (χ4v) is 2.59. The monoisotopic (exact) mass is 309 g/mol. The lowest BCUT2D eigenvalue weighted by Crippen LogP contribution is -2.21. The molecule has 1 atom stereocenters. The van der Waals surface area contributed by atoms with E-state index in [9.17, 15) is 4.79 Å². The summed E-state index contributed by atoms with van der Waals surface area (Å²) in [7, 11) is 3.45.